The minimum atomic E-state index is 0.961. The molecule has 0 fully saturated rings. The van der Waals surface area contributed by atoms with Crippen molar-refractivity contribution in [3.05, 3.63) is 237 Å². The lowest BCUT2D eigenvalue weighted by molar-refractivity contribution is 1.27. The largest absolute Gasteiger partial charge is 0.355 e. The highest BCUT2D eigenvalue weighted by Gasteiger charge is 2.18. The molecule has 1 heterocycles. The molecule has 0 saturated carbocycles. The van der Waals surface area contributed by atoms with Crippen molar-refractivity contribution in [1.29, 1.82) is 0 Å². The number of benzene rings is 8. The summed E-state index contributed by atoms with van der Waals surface area (Å²) < 4.78 is 0. The number of allylic oxidation sites excluding steroid dienone is 4. The van der Waals surface area contributed by atoms with Crippen molar-refractivity contribution in [2.75, 3.05) is 10.2 Å². The van der Waals surface area contributed by atoms with Gasteiger partial charge in [-0.2, -0.15) is 0 Å². The molecule has 2 heteroatoms. The fraction of sp³-hybridized carbons (Fsp3) is 0. The quantitative estimate of drug-likeness (QED) is 0.168. The fourth-order valence-electron chi connectivity index (χ4n) is 7.47. The Bertz CT molecular complexity index is 2650. The molecule has 1 aliphatic heterocycles. The average molecular weight is 717 g/mol. The Morgan fingerprint density at radius 2 is 0.893 bits per heavy atom. The van der Waals surface area contributed by atoms with Crippen LogP contribution in [0.1, 0.15) is 5.56 Å². The molecule has 0 unspecified atom stereocenters. The number of nitrogens with zero attached hydrogens (tertiary/aromatic N) is 1. The van der Waals surface area contributed by atoms with E-state index in [1.54, 1.807) is 0 Å². The van der Waals surface area contributed by atoms with Crippen LogP contribution in [0.4, 0.5) is 22.7 Å². The molecule has 1 aliphatic rings. The predicted octanol–water partition coefficient (Wildman–Crippen LogP) is 15.0. The van der Waals surface area contributed by atoms with Crippen molar-refractivity contribution in [3.63, 3.8) is 0 Å². The minimum absolute atomic E-state index is 0.961. The van der Waals surface area contributed by atoms with Crippen LogP contribution in [-0.2, 0) is 0 Å². The topological polar surface area (TPSA) is 15.3 Å². The van der Waals surface area contributed by atoms with Gasteiger partial charge in [0.05, 0.1) is 5.69 Å². The SMILES string of the molecule is C=C1/C=C\C=C/N(c2cc(-c3ccccc3)cc(-c3ccccc3)c2)c2ccc(-c3cccc(-c4ccccc4Nc4ccc(-c5ccccc5)cc4)c3)cc21. The molecule has 266 valence electrons. The van der Waals surface area contributed by atoms with Gasteiger partial charge < -0.3 is 10.2 Å². The summed E-state index contributed by atoms with van der Waals surface area (Å²) in [5.74, 6) is 0. The molecule has 0 radical (unpaired) electrons. The summed E-state index contributed by atoms with van der Waals surface area (Å²) in [5, 5.41) is 3.69. The maximum atomic E-state index is 4.53. The van der Waals surface area contributed by atoms with Crippen LogP contribution in [0.15, 0.2) is 231 Å². The standard InChI is InChI=1S/C54H40N2/c1-39-16-13-14-33-56(50-36-47(41-19-7-3-8-20-41)35-48(37-50)42-21-9-4-10-22-42)54-32-29-45(38-52(39)54)44-23-15-24-46(34-44)51-25-11-12-26-53(51)55-49-30-27-43(28-31-49)40-17-5-2-6-18-40/h2-38,55H,1H2/b16-13-,33-14-. The van der Waals surface area contributed by atoms with Gasteiger partial charge in [-0.25, -0.2) is 0 Å². The van der Waals surface area contributed by atoms with E-state index in [2.05, 4.69) is 235 Å². The van der Waals surface area contributed by atoms with Crippen molar-refractivity contribution in [1.82, 2.24) is 0 Å². The van der Waals surface area contributed by atoms with Gasteiger partial charge >= 0.3 is 0 Å². The number of rotatable bonds is 8. The molecule has 0 saturated heterocycles. The molecule has 9 rings (SSSR count). The first kappa shape index (κ1) is 34.4. The highest BCUT2D eigenvalue weighted by molar-refractivity contribution is 5.91. The van der Waals surface area contributed by atoms with Gasteiger partial charge in [0.2, 0.25) is 0 Å². The van der Waals surface area contributed by atoms with Crippen LogP contribution in [0, 0.1) is 0 Å². The molecule has 0 spiro atoms. The normalized spacial score (nSPS) is 13.3. The zero-order valence-electron chi connectivity index (χ0n) is 31.0. The van der Waals surface area contributed by atoms with Crippen LogP contribution in [0.3, 0.4) is 0 Å². The Kier molecular flexibility index (Phi) is 9.52. The molecule has 0 amide bonds. The lowest BCUT2D eigenvalue weighted by atomic mass is 9.93. The lowest BCUT2D eigenvalue weighted by Gasteiger charge is -2.27. The van der Waals surface area contributed by atoms with Crippen LogP contribution in [-0.4, -0.2) is 0 Å². The Balaban J connectivity index is 1.06. The fourth-order valence-corrected chi connectivity index (χ4v) is 7.47. The van der Waals surface area contributed by atoms with Crippen molar-refractivity contribution >= 4 is 28.3 Å². The molecule has 8 aromatic carbocycles. The summed E-state index contributed by atoms with van der Waals surface area (Å²) >= 11 is 0. The molecule has 1 N–H and O–H groups in total. The van der Waals surface area contributed by atoms with Crippen LogP contribution in [0.2, 0.25) is 0 Å². The number of anilines is 4. The van der Waals surface area contributed by atoms with E-state index >= 15 is 0 Å². The number of nitrogens with one attached hydrogen (secondary N) is 1. The van der Waals surface area contributed by atoms with E-state index in [9.17, 15) is 0 Å². The molecule has 56 heavy (non-hydrogen) atoms. The Labute approximate surface area is 329 Å². The first-order chi connectivity index (χ1) is 27.7. The van der Waals surface area contributed by atoms with Crippen molar-refractivity contribution < 1.29 is 0 Å². The molecular formula is C54H40N2. The Hall–Kier alpha value is -7.42. The Morgan fingerprint density at radius 1 is 0.375 bits per heavy atom. The van der Waals surface area contributed by atoms with E-state index in [0.29, 0.717) is 0 Å². The molecule has 8 aromatic rings. The molecule has 0 aliphatic carbocycles. The molecule has 0 aromatic heterocycles. The zero-order valence-corrected chi connectivity index (χ0v) is 31.0. The lowest BCUT2D eigenvalue weighted by Crippen LogP contribution is -2.12. The van der Waals surface area contributed by atoms with Crippen LogP contribution >= 0.6 is 0 Å². The molecule has 0 atom stereocenters. The van der Waals surface area contributed by atoms with E-state index in [1.165, 1.54) is 33.4 Å². The second-order valence-corrected chi connectivity index (χ2v) is 14.0. The van der Waals surface area contributed by atoms with Crippen molar-refractivity contribution in [3.8, 4) is 55.6 Å². The smallest absolute Gasteiger partial charge is 0.0534 e. The van der Waals surface area contributed by atoms with Gasteiger partial charge in [-0.05, 0) is 116 Å². The summed E-state index contributed by atoms with van der Waals surface area (Å²) in [6, 6.07) is 71.3. The summed E-state index contributed by atoms with van der Waals surface area (Å²) in [4.78, 5) is 2.29. The number of hydrogen-bond donors (Lipinski definition) is 1. The number of fused-ring (bicyclic) bond motifs is 1. The number of para-hydroxylation sites is 1. The van der Waals surface area contributed by atoms with Gasteiger partial charge in [0.25, 0.3) is 0 Å². The molecule has 2 nitrogen and oxygen atoms in total. The van der Waals surface area contributed by atoms with Crippen LogP contribution in [0.5, 0.6) is 0 Å². The maximum Gasteiger partial charge on any atom is 0.0534 e. The first-order valence-electron chi connectivity index (χ1n) is 19.0. The summed E-state index contributed by atoms with van der Waals surface area (Å²) in [6.07, 6.45) is 8.41. The van der Waals surface area contributed by atoms with E-state index < -0.39 is 0 Å². The van der Waals surface area contributed by atoms with Crippen LogP contribution < -0.4 is 10.2 Å². The van der Waals surface area contributed by atoms with E-state index in [1.807, 2.05) is 6.07 Å². The average Bonchev–Trinajstić information content (AvgIpc) is 3.27. The highest BCUT2D eigenvalue weighted by Crippen LogP contribution is 2.41. The monoisotopic (exact) mass is 716 g/mol. The van der Waals surface area contributed by atoms with Gasteiger partial charge in [-0.1, -0.05) is 164 Å². The zero-order chi connectivity index (χ0) is 37.7. The molecule has 0 bridgehead atoms. The summed E-state index contributed by atoms with van der Waals surface area (Å²) in [7, 11) is 0. The van der Waals surface area contributed by atoms with Gasteiger partial charge in [0.1, 0.15) is 0 Å². The van der Waals surface area contributed by atoms with E-state index in [-0.39, 0.29) is 0 Å². The molecular weight excluding hydrogens is 677 g/mol. The van der Waals surface area contributed by atoms with Crippen LogP contribution in [0.25, 0.3) is 61.2 Å². The third-order valence-electron chi connectivity index (χ3n) is 10.4. The van der Waals surface area contributed by atoms with Gasteiger partial charge in [0.15, 0.2) is 0 Å². The van der Waals surface area contributed by atoms with E-state index in [0.717, 1.165) is 56.1 Å². The highest BCUT2D eigenvalue weighted by atomic mass is 15.1. The third-order valence-corrected chi connectivity index (χ3v) is 10.4. The van der Waals surface area contributed by atoms with Gasteiger partial charge in [0, 0.05) is 34.4 Å². The summed E-state index contributed by atoms with van der Waals surface area (Å²) in [5.41, 5.74) is 18.0. The van der Waals surface area contributed by atoms with Gasteiger partial charge in [-0.3, -0.25) is 0 Å². The maximum absolute atomic E-state index is 4.53. The van der Waals surface area contributed by atoms with Gasteiger partial charge in [-0.15, -0.1) is 0 Å². The second-order valence-electron chi connectivity index (χ2n) is 14.0. The minimum Gasteiger partial charge on any atom is -0.355 e. The predicted molar refractivity (Wildman–Crippen MR) is 239 cm³/mol. The van der Waals surface area contributed by atoms with E-state index in [4.69, 9.17) is 0 Å². The number of hydrogen-bond acceptors (Lipinski definition) is 2. The summed E-state index contributed by atoms with van der Waals surface area (Å²) in [6.45, 7) is 4.53. The van der Waals surface area contributed by atoms with Crippen molar-refractivity contribution in [2.24, 2.45) is 0 Å². The first-order valence-corrected chi connectivity index (χ1v) is 19.0. The third kappa shape index (κ3) is 7.24. The van der Waals surface area contributed by atoms with Crippen molar-refractivity contribution in [2.45, 2.75) is 0 Å². The Morgan fingerprint density at radius 3 is 1.57 bits per heavy atom. The second kappa shape index (κ2) is 15.5.